The molecule has 1 aromatic heterocycles. The summed E-state index contributed by atoms with van der Waals surface area (Å²) >= 11 is 0. The first-order valence-electron chi connectivity index (χ1n) is 3.80. The second-order valence-electron chi connectivity index (χ2n) is 2.72. The monoisotopic (exact) mass is 191 g/mol. The lowest BCUT2D eigenvalue weighted by atomic mass is 10.2. The molecule has 2 aromatic rings. The van der Waals surface area contributed by atoms with Crippen LogP contribution in [0.5, 0.6) is 0 Å². The molecule has 0 atom stereocenters. The molecule has 0 spiro atoms. The van der Waals surface area contributed by atoms with Crippen molar-refractivity contribution in [3.8, 4) is 0 Å². The van der Waals surface area contributed by atoms with Gasteiger partial charge in [-0.05, 0) is 6.07 Å². The number of non-ortho nitro benzene ring substituents is 1. The number of hydrogen-bond acceptors (Lipinski definition) is 4. The molecule has 6 nitrogen and oxygen atoms in total. The lowest BCUT2D eigenvalue weighted by molar-refractivity contribution is -0.580. The predicted octanol–water partition coefficient (Wildman–Crippen LogP) is 0.776. The minimum absolute atomic E-state index is 0.0505. The number of nitro groups is 1. The van der Waals surface area contributed by atoms with Crippen LogP contribution >= 0.6 is 0 Å². The summed E-state index contributed by atoms with van der Waals surface area (Å²) in [6.45, 7) is 0. The Morgan fingerprint density at radius 1 is 1.43 bits per heavy atom. The highest BCUT2D eigenvalue weighted by atomic mass is 16.6. The highest BCUT2D eigenvalue weighted by molar-refractivity contribution is 5.77. The van der Waals surface area contributed by atoms with E-state index in [2.05, 4.69) is 4.98 Å². The van der Waals surface area contributed by atoms with Crippen LogP contribution in [0.3, 0.4) is 0 Å². The zero-order chi connectivity index (χ0) is 10.1. The van der Waals surface area contributed by atoms with E-state index in [1.165, 1.54) is 24.4 Å². The van der Waals surface area contributed by atoms with Crippen molar-refractivity contribution in [1.82, 2.24) is 4.98 Å². The van der Waals surface area contributed by atoms with Crippen molar-refractivity contribution in [3.05, 3.63) is 46.0 Å². The van der Waals surface area contributed by atoms with E-state index in [1.807, 2.05) is 0 Å². The molecule has 0 bridgehead atoms. The molecular weight excluding hydrogens is 186 g/mol. The quantitative estimate of drug-likeness (QED) is 0.288. The number of nitrogens with zero attached hydrogens (tertiary/aromatic N) is 3. The first-order chi connectivity index (χ1) is 6.68. The van der Waals surface area contributed by atoms with Gasteiger partial charge in [0, 0.05) is 12.1 Å². The van der Waals surface area contributed by atoms with Gasteiger partial charge >= 0.3 is 0 Å². The molecule has 1 heterocycles. The van der Waals surface area contributed by atoms with Gasteiger partial charge in [0.25, 0.3) is 12.0 Å². The Kier molecular flexibility index (Phi) is 1.74. The zero-order valence-corrected chi connectivity index (χ0v) is 6.95. The van der Waals surface area contributed by atoms with Gasteiger partial charge in [0.15, 0.2) is 6.20 Å². The van der Waals surface area contributed by atoms with E-state index in [4.69, 9.17) is 0 Å². The molecule has 70 valence electrons. The van der Waals surface area contributed by atoms with Gasteiger partial charge in [-0.15, -0.1) is 0 Å². The van der Waals surface area contributed by atoms with Crippen LogP contribution in [-0.4, -0.2) is 9.91 Å². The molecule has 0 aliphatic heterocycles. The number of fused-ring (bicyclic) bond motifs is 1. The summed E-state index contributed by atoms with van der Waals surface area (Å²) in [7, 11) is 0. The Labute approximate surface area is 78.2 Å². The highest BCUT2D eigenvalue weighted by Gasteiger charge is 2.09. The van der Waals surface area contributed by atoms with Gasteiger partial charge in [0.1, 0.15) is 5.52 Å². The fourth-order valence-corrected chi connectivity index (χ4v) is 1.20. The van der Waals surface area contributed by atoms with Gasteiger partial charge in [-0.3, -0.25) is 10.1 Å². The van der Waals surface area contributed by atoms with Crippen LogP contribution in [0.4, 0.5) is 5.69 Å². The van der Waals surface area contributed by atoms with Crippen LogP contribution in [0.15, 0.2) is 30.7 Å². The molecule has 0 saturated heterocycles. The van der Waals surface area contributed by atoms with Crippen LogP contribution in [0.25, 0.3) is 10.9 Å². The Balaban J connectivity index is 2.73. The third-order valence-corrected chi connectivity index (χ3v) is 1.84. The molecule has 0 aliphatic carbocycles. The zero-order valence-electron chi connectivity index (χ0n) is 6.95. The molecule has 0 fully saturated rings. The number of aromatic nitrogens is 2. The second-order valence-corrected chi connectivity index (χ2v) is 2.72. The predicted molar refractivity (Wildman–Crippen MR) is 47.4 cm³/mol. The third kappa shape index (κ3) is 1.22. The summed E-state index contributed by atoms with van der Waals surface area (Å²) in [5.41, 5.74) is 0.316. The SMILES string of the molecule is O=[N+]([O-])c1ccc2c(cnc[n+]2[O-])c1. The van der Waals surface area contributed by atoms with Gasteiger partial charge in [0.05, 0.1) is 10.3 Å². The van der Waals surface area contributed by atoms with E-state index in [0.717, 1.165) is 6.33 Å². The van der Waals surface area contributed by atoms with Gasteiger partial charge in [-0.1, -0.05) is 4.98 Å². The number of nitro benzene ring substituents is 1. The number of benzene rings is 1. The highest BCUT2D eigenvalue weighted by Crippen LogP contribution is 2.16. The Morgan fingerprint density at radius 3 is 2.93 bits per heavy atom. The summed E-state index contributed by atoms with van der Waals surface area (Å²) < 4.78 is 0.569. The smallest absolute Gasteiger partial charge is 0.289 e. The second kappa shape index (κ2) is 2.91. The first-order valence-corrected chi connectivity index (χ1v) is 3.80. The maximum atomic E-state index is 11.1. The summed E-state index contributed by atoms with van der Waals surface area (Å²) in [6.07, 6.45) is 2.52. The molecule has 1 aromatic carbocycles. The van der Waals surface area contributed by atoms with Crippen molar-refractivity contribution < 1.29 is 9.65 Å². The van der Waals surface area contributed by atoms with Gasteiger partial charge in [-0.25, -0.2) is 4.73 Å². The van der Waals surface area contributed by atoms with E-state index < -0.39 is 4.92 Å². The van der Waals surface area contributed by atoms with Gasteiger partial charge in [-0.2, -0.15) is 0 Å². The molecule has 0 unspecified atom stereocenters. The van der Waals surface area contributed by atoms with Crippen molar-refractivity contribution in [2.75, 3.05) is 0 Å². The van der Waals surface area contributed by atoms with Gasteiger partial charge in [0.2, 0.25) is 0 Å². The molecule has 0 radical (unpaired) electrons. The average molecular weight is 191 g/mol. The Hall–Kier alpha value is -2.24. The van der Waals surface area contributed by atoms with Crippen molar-refractivity contribution in [1.29, 1.82) is 0 Å². The van der Waals surface area contributed by atoms with Crippen LogP contribution in [0.1, 0.15) is 0 Å². The van der Waals surface area contributed by atoms with E-state index in [1.54, 1.807) is 0 Å². The Bertz CT molecular complexity index is 512. The normalized spacial score (nSPS) is 10.3. The Morgan fingerprint density at radius 2 is 2.21 bits per heavy atom. The van der Waals surface area contributed by atoms with Gasteiger partial charge < -0.3 is 5.21 Å². The summed E-state index contributed by atoms with van der Waals surface area (Å²) in [4.78, 5) is 13.6. The third-order valence-electron chi connectivity index (χ3n) is 1.84. The van der Waals surface area contributed by atoms with Crippen molar-refractivity contribution in [2.45, 2.75) is 0 Å². The number of hydrogen-bond donors (Lipinski definition) is 0. The van der Waals surface area contributed by atoms with Crippen molar-refractivity contribution in [2.24, 2.45) is 0 Å². The molecule has 0 N–H and O–H groups in total. The molecule has 2 rings (SSSR count). The lowest BCUT2D eigenvalue weighted by Crippen LogP contribution is -2.26. The fraction of sp³-hybridized carbons (Fsp3) is 0. The van der Waals surface area contributed by atoms with Crippen molar-refractivity contribution in [3.63, 3.8) is 0 Å². The van der Waals surface area contributed by atoms with Crippen LogP contribution < -0.4 is 4.73 Å². The fourth-order valence-electron chi connectivity index (χ4n) is 1.20. The maximum absolute atomic E-state index is 11.1. The first kappa shape index (κ1) is 8.36. The molecule has 0 saturated carbocycles. The molecule has 0 aliphatic rings. The van der Waals surface area contributed by atoms with Crippen LogP contribution in [0, 0.1) is 15.3 Å². The lowest BCUT2D eigenvalue weighted by Gasteiger charge is -2.02. The summed E-state index contributed by atoms with van der Waals surface area (Å²) in [6, 6.07) is 4.01. The van der Waals surface area contributed by atoms with E-state index in [-0.39, 0.29) is 5.69 Å². The van der Waals surface area contributed by atoms with Crippen molar-refractivity contribution >= 4 is 16.6 Å². The average Bonchev–Trinajstić information content (AvgIpc) is 2.17. The molecule has 0 amide bonds. The summed E-state index contributed by atoms with van der Waals surface area (Å²) in [5, 5.41) is 22.0. The molecular formula is C8H5N3O3. The van der Waals surface area contributed by atoms with E-state index in [9.17, 15) is 15.3 Å². The minimum atomic E-state index is -0.512. The topological polar surface area (TPSA) is 83.0 Å². The van der Waals surface area contributed by atoms with E-state index >= 15 is 0 Å². The van der Waals surface area contributed by atoms with Crippen LogP contribution in [0.2, 0.25) is 0 Å². The largest absolute Gasteiger partial charge is 0.710 e. The minimum Gasteiger partial charge on any atom is -0.710 e. The molecule has 14 heavy (non-hydrogen) atoms. The number of rotatable bonds is 1. The standard InChI is InChI=1S/C8H5N3O3/c12-10-5-9-4-6-3-7(11(13)14)1-2-8(6)10/h1-5H. The van der Waals surface area contributed by atoms with E-state index in [0.29, 0.717) is 15.6 Å². The summed E-state index contributed by atoms with van der Waals surface area (Å²) in [5.74, 6) is 0. The van der Waals surface area contributed by atoms with Crippen LogP contribution in [-0.2, 0) is 0 Å². The molecule has 6 heteroatoms. The maximum Gasteiger partial charge on any atom is 0.289 e.